The van der Waals surface area contributed by atoms with Crippen molar-refractivity contribution in [3.05, 3.63) is 55.5 Å². The van der Waals surface area contributed by atoms with Gasteiger partial charge in [-0.3, -0.25) is 4.79 Å². The minimum absolute atomic E-state index is 0.0886. The van der Waals surface area contributed by atoms with Gasteiger partial charge in [0.15, 0.2) is 0 Å². The molecule has 2 heterocycles. The van der Waals surface area contributed by atoms with E-state index < -0.39 is 5.97 Å². The number of hydrogen-bond donors (Lipinski definition) is 1. The SMILES string of the molecule is Cc1nc(C)c(C(=O)OCc2nc3c(C)cccc3c(=O)[nH]2)s1. The van der Waals surface area contributed by atoms with Crippen molar-refractivity contribution in [3.63, 3.8) is 0 Å². The Kier molecular flexibility index (Phi) is 3.96. The van der Waals surface area contributed by atoms with E-state index in [0.717, 1.165) is 10.6 Å². The second kappa shape index (κ2) is 5.92. The van der Waals surface area contributed by atoms with Gasteiger partial charge in [0.25, 0.3) is 5.56 Å². The van der Waals surface area contributed by atoms with Gasteiger partial charge in [-0.05, 0) is 32.4 Å². The van der Waals surface area contributed by atoms with Crippen LogP contribution in [0, 0.1) is 20.8 Å². The van der Waals surface area contributed by atoms with Crippen LogP contribution >= 0.6 is 11.3 Å². The molecule has 0 aliphatic carbocycles. The molecule has 0 saturated carbocycles. The Labute approximate surface area is 136 Å². The van der Waals surface area contributed by atoms with Gasteiger partial charge in [0, 0.05) is 0 Å². The second-order valence-electron chi connectivity index (χ2n) is 5.21. The summed E-state index contributed by atoms with van der Waals surface area (Å²) in [6, 6.07) is 5.41. The van der Waals surface area contributed by atoms with Crippen LogP contribution in [0.5, 0.6) is 0 Å². The molecule has 0 aliphatic rings. The molecule has 6 nitrogen and oxygen atoms in total. The maximum Gasteiger partial charge on any atom is 0.350 e. The van der Waals surface area contributed by atoms with Crippen LogP contribution in [0.25, 0.3) is 10.9 Å². The van der Waals surface area contributed by atoms with Crippen LogP contribution in [0.4, 0.5) is 0 Å². The minimum atomic E-state index is -0.458. The predicted molar refractivity (Wildman–Crippen MR) is 87.8 cm³/mol. The van der Waals surface area contributed by atoms with Crippen LogP contribution in [0.1, 0.15) is 31.8 Å². The van der Waals surface area contributed by atoms with Crippen molar-refractivity contribution < 1.29 is 9.53 Å². The quantitative estimate of drug-likeness (QED) is 0.747. The van der Waals surface area contributed by atoms with Gasteiger partial charge in [-0.1, -0.05) is 12.1 Å². The molecule has 0 amide bonds. The number of carbonyl (C=O) groups is 1. The summed E-state index contributed by atoms with van der Waals surface area (Å²) in [4.78, 5) is 35.9. The Morgan fingerprint density at radius 1 is 1.26 bits per heavy atom. The summed E-state index contributed by atoms with van der Waals surface area (Å²) in [5.74, 6) is -0.135. The number of aromatic amines is 1. The second-order valence-corrected chi connectivity index (χ2v) is 6.41. The zero-order valence-electron chi connectivity index (χ0n) is 13.0. The van der Waals surface area contributed by atoms with Crippen LogP contribution < -0.4 is 5.56 Å². The first-order chi connectivity index (χ1) is 11.0. The number of H-pyrrole nitrogens is 1. The number of thiazole rings is 1. The summed E-state index contributed by atoms with van der Waals surface area (Å²) in [6.07, 6.45) is 0. The van der Waals surface area contributed by atoms with Gasteiger partial charge >= 0.3 is 5.97 Å². The average molecular weight is 329 g/mol. The van der Waals surface area contributed by atoms with E-state index in [2.05, 4.69) is 15.0 Å². The van der Waals surface area contributed by atoms with E-state index in [9.17, 15) is 9.59 Å². The molecule has 7 heteroatoms. The molecule has 0 radical (unpaired) electrons. The topological polar surface area (TPSA) is 84.9 Å². The normalized spacial score (nSPS) is 10.9. The maximum absolute atomic E-state index is 12.1. The number of fused-ring (bicyclic) bond motifs is 1. The molecule has 23 heavy (non-hydrogen) atoms. The molecule has 0 unspecified atom stereocenters. The highest BCUT2D eigenvalue weighted by molar-refractivity contribution is 7.13. The standard InChI is InChI=1S/C16H15N3O3S/c1-8-5-4-6-11-13(8)18-12(19-15(11)20)7-22-16(21)14-9(2)17-10(3)23-14/h4-6H,7H2,1-3H3,(H,18,19,20). The summed E-state index contributed by atoms with van der Waals surface area (Å²) in [6.45, 7) is 5.39. The van der Waals surface area contributed by atoms with Crippen LogP contribution in [0.3, 0.4) is 0 Å². The zero-order valence-corrected chi connectivity index (χ0v) is 13.8. The molecule has 1 N–H and O–H groups in total. The van der Waals surface area contributed by atoms with Gasteiger partial charge < -0.3 is 9.72 Å². The molecule has 3 rings (SSSR count). The summed E-state index contributed by atoms with van der Waals surface area (Å²) in [7, 11) is 0. The van der Waals surface area contributed by atoms with E-state index in [4.69, 9.17) is 4.74 Å². The summed E-state index contributed by atoms with van der Waals surface area (Å²) in [5, 5.41) is 1.33. The molecule has 1 aromatic carbocycles. The fourth-order valence-corrected chi connectivity index (χ4v) is 3.15. The Hall–Kier alpha value is -2.54. The van der Waals surface area contributed by atoms with E-state index >= 15 is 0 Å². The van der Waals surface area contributed by atoms with E-state index in [1.165, 1.54) is 11.3 Å². The Morgan fingerprint density at radius 3 is 2.74 bits per heavy atom. The van der Waals surface area contributed by atoms with Crippen molar-refractivity contribution in [2.75, 3.05) is 0 Å². The highest BCUT2D eigenvalue weighted by Gasteiger charge is 2.16. The van der Waals surface area contributed by atoms with Gasteiger partial charge in [0.05, 0.1) is 21.6 Å². The highest BCUT2D eigenvalue weighted by atomic mass is 32.1. The molecular formula is C16H15N3O3S. The van der Waals surface area contributed by atoms with Crippen LogP contribution in [-0.2, 0) is 11.3 Å². The van der Waals surface area contributed by atoms with Crippen LogP contribution in [-0.4, -0.2) is 20.9 Å². The predicted octanol–water partition coefficient (Wildman–Crippen LogP) is 2.66. The van der Waals surface area contributed by atoms with Gasteiger partial charge in [0.1, 0.15) is 17.3 Å². The van der Waals surface area contributed by atoms with Crippen molar-refractivity contribution in [2.24, 2.45) is 0 Å². The molecule has 0 spiro atoms. The number of ether oxygens (including phenoxy) is 1. The molecule has 0 atom stereocenters. The number of aryl methyl sites for hydroxylation is 3. The van der Waals surface area contributed by atoms with Gasteiger partial charge in [-0.15, -0.1) is 11.3 Å². The zero-order chi connectivity index (χ0) is 16.6. The van der Waals surface area contributed by atoms with Crippen LogP contribution in [0.2, 0.25) is 0 Å². The van der Waals surface area contributed by atoms with Crippen LogP contribution in [0.15, 0.2) is 23.0 Å². The number of rotatable bonds is 3. The number of nitrogens with one attached hydrogen (secondary N) is 1. The van der Waals surface area contributed by atoms with E-state index in [0.29, 0.717) is 27.3 Å². The lowest BCUT2D eigenvalue weighted by molar-refractivity contribution is 0.0467. The monoisotopic (exact) mass is 329 g/mol. The lowest BCUT2D eigenvalue weighted by atomic mass is 10.1. The number of esters is 1. The summed E-state index contributed by atoms with van der Waals surface area (Å²) >= 11 is 1.29. The Bertz CT molecular complexity index is 959. The summed E-state index contributed by atoms with van der Waals surface area (Å²) in [5.41, 5.74) is 1.92. The number of aromatic nitrogens is 3. The van der Waals surface area contributed by atoms with Crippen molar-refractivity contribution in [1.29, 1.82) is 0 Å². The lowest BCUT2D eigenvalue weighted by Crippen LogP contribution is -2.15. The number of benzene rings is 1. The Morgan fingerprint density at radius 2 is 2.04 bits per heavy atom. The molecule has 0 fully saturated rings. The molecule has 118 valence electrons. The van der Waals surface area contributed by atoms with Crippen molar-refractivity contribution in [2.45, 2.75) is 27.4 Å². The number of hydrogen-bond acceptors (Lipinski definition) is 6. The molecular weight excluding hydrogens is 314 g/mol. The largest absolute Gasteiger partial charge is 0.453 e. The smallest absolute Gasteiger partial charge is 0.350 e. The van der Waals surface area contributed by atoms with Gasteiger partial charge in [-0.25, -0.2) is 14.8 Å². The number of nitrogens with zero attached hydrogens (tertiary/aromatic N) is 2. The number of para-hydroxylation sites is 1. The highest BCUT2D eigenvalue weighted by Crippen LogP contribution is 2.18. The molecule has 3 aromatic rings. The first-order valence-corrected chi connectivity index (χ1v) is 7.87. The third kappa shape index (κ3) is 3.00. The molecule has 0 saturated heterocycles. The van der Waals surface area contributed by atoms with Crippen molar-refractivity contribution >= 4 is 28.2 Å². The lowest BCUT2D eigenvalue weighted by Gasteiger charge is -2.06. The van der Waals surface area contributed by atoms with Gasteiger partial charge in [-0.2, -0.15) is 0 Å². The van der Waals surface area contributed by atoms with Crippen molar-refractivity contribution in [1.82, 2.24) is 15.0 Å². The van der Waals surface area contributed by atoms with E-state index in [1.807, 2.05) is 26.0 Å². The number of carbonyl (C=O) groups excluding carboxylic acids is 1. The third-order valence-corrected chi connectivity index (χ3v) is 4.47. The third-order valence-electron chi connectivity index (χ3n) is 3.42. The van der Waals surface area contributed by atoms with Crippen molar-refractivity contribution in [3.8, 4) is 0 Å². The molecule has 2 aromatic heterocycles. The first kappa shape index (κ1) is 15.4. The van der Waals surface area contributed by atoms with E-state index in [1.54, 1.807) is 13.0 Å². The van der Waals surface area contributed by atoms with Gasteiger partial charge in [0.2, 0.25) is 0 Å². The molecule has 0 bridgehead atoms. The first-order valence-electron chi connectivity index (χ1n) is 7.05. The van der Waals surface area contributed by atoms with E-state index in [-0.39, 0.29) is 12.2 Å². The average Bonchev–Trinajstić information content (AvgIpc) is 2.85. The maximum atomic E-state index is 12.1. The fraction of sp³-hybridized carbons (Fsp3) is 0.250. The minimum Gasteiger partial charge on any atom is -0.453 e. The molecule has 0 aliphatic heterocycles. The Balaban J connectivity index is 1.85. The summed E-state index contributed by atoms with van der Waals surface area (Å²) < 4.78 is 5.25. The fourth-order valence-electron chi connectivity index (χ4n) is 2.34.